The van der Waals surface area contributed by atoms with E-state index in [0.29, 0.717) is 18.7 Å². The van der Waals surface area contributed by atoms with Crippen LogP contribution in [0, 0.1) is 3.82 Å². The average Bonchev–Trinajstić information content (AvgIpc) is 3.16. The van der Waals surface area contributed by atoms with Crippen LogP contribution in [0.2, 0.25) is 0 Å². The summed E-state index contributed by atoms with van der Waals surface area (Å²) in [6, 6.07) is 16.3. The predicted octanol–water partition coefficient (Wildman–Crippen LogP) is 5.56. The monoisotopic (exact) mass is 470 g/mol. The third-order valence-electron chi connectivity index (χ3n) is 5.71. The first-order chi connectivity index (χ1) is 15.0. The van der Waals surface area contributed by atoms with Crippen molar-refractivity contribution in [1.29, 1.82) is 0 Å². The fraction of sp³-hybridized carbons (Fsp3) is 0.333. The largest absolute Gasteiger partial charge is 0.508 e. The fourth-order valence-electron chi connectivity index (χ4n) is 3.92. The van der Waals surface area contributed by atoms with Crippen LogP contribution < -0.4 is 0 Å². The Bertz CT molecular complexity index is 1100. The SMILES string of the molecule is CCC(=O)N1CCN(Cc2cc(-c3ssc(=S)c3Cc3ccccc3)ccc2O)CC1. The summed E-state index contributed by atoms with van der Waals surface area (Å²) in [7, 11) is 3.36. The second-order valence-electron chi connectivity index (χ2n) is 7.78. The molecule has 0 unspecified atom stereocenters. The Balaban J connectivity index is 1.53. The number of phenolic OH excluding ortho intramolecular Hbond substituents is 1. The Kier molecular flexibility index (Phi) is 7.17. The van der Waals surface area contributed by atoms with Gasteiger partial charge in [0.15, 0.2) is 0 Å². The molecule has 31 heavy (non-hydrogen) atoms. The van der Waals surface area contributed by atoms with Gasteiger partial charge in [-0.1, -0.05) is 70.2 Å². The molecule has 7 heteroatoms. The second-order valence-corrected chi connectivity index (χ2v) is 10.6. The zero-order valence-electron chi connectivity index (χ0n) is 17.5. The lowest BCUT2D eigenvalue weighted by atomic mass is 10.0. The van der Waals surface area contributed by atoms with Gasteiger partial charge in [0.05, 0.1) is 4.88 Å². The van der Waals surface area contributed by atoms with E-state index in [1.54, 1.807) is 26.7 Å². The van der Waals surface area contributed by atoms with Crippen LogP contribution in [-0.2, 0) is 17.8 Å². The summed E-state index contributed by atoms with van der Waals surface area (Å²) < 4.78 is 0.940. The minimum absolute atomic E-state index is 0.217. The van der Waals surface area contributed by atoms with E-state index in [1.807, 2.05) is 24.0 Å². The van der Waals surface area contributed by atoms with Crippen LogP contribution in [0.15, 0.2) is 48.5 Å². The highest BCUT2D eigenvalue weighted by atomic mass is 32.9. The van der Waals surface area contributed by atoms with E-state index in [2.05, 4.69) is 35.2 Å². The fourth-order valence-corrected chi connectivity index (χ4v) is 6.83. The molecule has 2 heterocycles. The van der Waals surface area contributed by atoms with Crippen molar-refractivity contribution in [3.05, 3.63) is 69.0 Å². The van der Waals surface area contributed by atoms with Gasteiger partial charge in [-0.25, -0.2) is 0 Å². The van der Waals surface area contributed by atoms with E-state index in [9.17, 15) is 9.90 Å². The molecule has 0 aliphatic carbocycles. The maximum atomic E-state index is 11.9. The summed E-state index contributed by atoms with van der Waals surface area (Å²) in [5.74, 6) is 0.536. The number of benzene rings is 2. The van der Waals surface area contributed by atoms with Gasteiger partial charge < -0.3 is 10.0 Å². The highest BCUT2D eigenvalue weighted by Crippen LogP contribution is 2.38. The molecule has 2 aromatic carbocycles. The maximum Gasteiger partial charge on any atom is 0.222 e. The highest BCUT2D eigenvalue weighted by molar-refractivity contribution is 7.80. The Labute approximate surface area is 195 Å². The normalized spacial score (nSPS) is 14.7. The van der Waals surface area contributed by atoms with E-state index < -0.39 is 0 Å². The second kappa shape index (κ2) is 10.0. The van der Waals surface area contributed by atoms with Gasteiger partial charge in [-0.3, -0.25) is 9.69 Å². The van der Waals surface area contributed by atoms with Crippen molar-refractivity contribution in [3.8, 4) is 16.2 Å². The molecule has 1 saturated heterocycles. The summed E-state index contributed by atoms with van der Waals surface area (Å²) in [4.78, 5) is 17.3. The van der Waals surface area contributed by atoms with Gasteiger partial charge in [0, 0.05) is 56.7 Å². The van der Waals surface area contributed by atoms with Crippen molar-refractivity contribution in [2.24, 2.45) is 0 Å². The molecule has 1 amide bonds. The summed E-state index contributed by atoms with van der Waals surface area (Å²) in [5, 5.41) is 10.5. The lowest BCUT2D eigenvalue weighted by Crippen LogP contribution is -2.48. The molecule has 1 aromatic heterocycles. The average molecular weight is 471 g/mol. The third-order valence-corrected chi connectivity index (χ3v) is 8.90. The lowest BCUT2D eigenvalue weighted by Gasteiger charge is -2.34. The van der Waals surface area contributed by atoms with Gasteiger partial charge in [0.1, 0.15) is 9.57 Å². The minimum atomic E-state index is 0.217. The van der Waals surface area contributed by atoms with Gasteiger partial charge in [0.25, 0.3) is 0 Å². The van der Waals surface area contributed by atoms with E-state index in [1.165, 1.54) is 16.0 Å². The van der Waals surface area contributed by atoms with Gasteiger partial charge in [-0.15, -0.1) is 0 Å². The number of piperazine rings is 1. The molecule has 0 spiro atoms. The number of hydrogen-bond acceptors (Lipinski definition) is 6. The van der Waals surface area contributed by atoms with Gasteiger partial charge >= 0.3 is 0 Å². The Morgan fingerprint density at radius 1 is 1.06 bits per heavy atom. The number of rotatable bonds is 6. The molecule has 1 N–H and O–H groups in total. The third kappa shape index (κ3) is 5.23. The van der Waals surface area contributed by atoms with Gasteiger partial charge in [-0.2, -0.15) is 0 Å². The van der Waals surface area contributed by atoms with Crippen molar-refractivity contribution in [1.82, 2.24) is 9.80 Å². The first-order valence-electron chi connectivity index (χ1n) is 10.5. The maximum absolute atomic E-state index is 11.9. The molecular formula is C24H26N2O2S3. The molecule has 0 saturated carbocycles. The Morgan fingerprint density at radius 2 is 1.81 bits per heavy atom. The number of carbonyl (C=O) groups is 1. The summed E-state index contributed by atoms with van der Waals surface area (Å²) in [6.45, 7) is 5.74. The van der Waals surface area contributed by atoms with Crippen LogP contribution in [0.25, 0.3) is 10.4 Å². The molecular weight excluding hydrogens is 444 g/mol. The van der Waals surface area contributed by atoms with Crippen molar-refractivity contribution in [2.45, 2.75) is 26.3 Å². The molecule has 3 aromatic rings. The molecule has 4 nitrogen and oxygen atoms in total. The van der Waals surface area contributed by atoms with E-state index in [4.69, 9.17) is 12.2 Å². The van der Waals surface area contributed by atoms with Gasteiger partial charge in [-0.05, 0) is 29.3 Å². The number of aromatic hydroxyl groups is 1. The first-order valence-corrected chi connectivity index (χ1v) is 13.1. The van der Waals surface area contributed by atoms with Crippen LogP contribution >= 0.6 is 32.9 Å². The van der Waals surface area contributed by atoms with E-state index in [0.717, 1.165) is 47.6 Å². The quantitative estimate of drug-likeness (QED) is 0.379. The van der Waals surface area contributed by atoms with Crippen molar-refractivity contribution >= 4 is 38.8 Å². The van der Waals surface area contributed by atoms with Crippen molar-refractivity contribution in [3.63, 3.8) is 0 Å². The van der Waals surface area contributed by atoms with Gasteiger partial charge in [0.2, 0.25) is 5.91 Å². The summed E-state index contributed by atoms with van der Waals surface area (Å²) >= 11 is 5.64. The number of amides is 1. The number of hydrogen-bond donors (Lipinski definition) is 1. The van der Waals surface area contributed by atoms with Crippen molar-refractivity contribution in [2.75, 3.05) is 26.2 Å². The molecule has 0 atom stereocenters. The number of phenols is 1. The van der Waals surface area contributed by atoms with Crippen molar-refractivity contribution < 1.29 is 9.90 Å². The number of nitrogens with zero attached hydrogens (tertiary/aromatic N) is 2. The molecule has 162 valence electrons. The van der Waals surface area contributed by atoms with E-state index in [-0.39, 0.29) is 5.91 Å². The summed E-state index contributed by atoms with van der Waals surface area (Å²) in [5.41, 5.74) is 4.47. The van der Waals surface area contributed by atoms with Crippen LogP contribution in [0.4, 0.5) is 0 Å². The van der Waals surface area contributed by atoms with Crippen LogP contribution in [0.3, 0.4) is 0 Å². The highest BCUT2D eigenvalue weighted by Gasteiger charge is 2.21. The molecule has 1 aliphatic heterocycles. The van der Waals surface area contributed by atoms with Crippen LogP contribution in [-0.4, -0.2) is 47.0 Å². The Hall–Kier alpha value is -2.06. The smallest absolute Gasteiger partial charge is 0.222 e. The molecule has 0 bridgehead atoms. The number of carbonyl (C=O) groups excluding carboxylic acids is 1. The zero-order valence-corrected chi connectivity index (χ0v) is 20.0. The molecule has 1 fully saturated rings. The standard InChI is InChI=1S/C24H26N2O2S3/c1-2-22(28)26-12-10-25(11-13-26)16-19-15-18(8-9-21(19)27)23-20(24(29)31-30-23)14-17-6-4-3-5-7-17/h3-9,15,27H,2,10-14,16H2,1H3. The predicted molar refractivity (Wildman–Crippen MR) is 132 cm³/mol. The zero-order chi connectivity index (χ0) is 21.8. The van der Waals surface area contributed by atoms with Crippen LogP contribution in [0.5, 0.6) is 5.75 Å². The Morgan fingerprint density at radius 3 is 2.52 bits per heavy atom. The van der Waals surface area contributed by atoms with Crippen LogP contribution in [0.1, 0.15) is 30.0 Å². The molecule has 4 rings (SSSR count). The van der Waals surface area contributed by atoms with E-state index >= 15 is 0 Å². The summed E-state index contributed by atoms with van der Waals surface area (Å²) in [6.07, 6.45) is 1.37. The first kappa shape index (κ1) is 22.1. The molecule has 0 radical (unpaired) electrons. The molecule has 1 aliphatic rings. The lowest BCUT2D eigenvalue weighted by molar-refractivity contribution is -0.132. The minimum Gasteiger partial charge on any atom is -0.508 e. The topological polar surface area (TPSA) is 43.8 Å².